The normalized spacial score (nSPS) is 10.6. The average molecular weight is 388 g/mol. The van der Waals surface area contributed by atoms with Gasteiger partial charge in [0.2, 0.25) is 0 Å². The molecule has 2 aromatic heterocycles. The SMILES string of the molecule is CCOC(=O)c1cnn2ccc(NC(=O)c3ccccc3Br)cc12. The summed E-state index contributed by atoms with van der Waals surface area (Å²) in [6.07, 6.45) is 3.13. The van der Waals surface area contributed by atoms with Gasteiger partial charge in [-0.15, -0.1) is 0 Å². The maximum Gasteiger partial charge on any atom is 0.341 e. The minimum absolute atomic E-state index is 0.246. The second-order valence-electron chi connectivity index (χ2n) is 4.96. The van der Waals surface area contributed by atoms with Crippen molar-refractivity contribution in [3.8, 4) is 0 Å². The monoisotopic (exact) mass is 387 g/mol. The predicted octanol–water partition coefficient (Wildman–Crippen LogP) is 3.53. The molecule has 122 valence electrons. The Kier molecular flexibility index (Phi) is 4.61. The summed E-state index contributed by atoms with van der Waals surface area (Å²) in [5.41, 5.74) is 2.01. The summed E-state index contributed by atoms with van der Waals surface area (Å²) < 4.78 is 7.28. The largest absolute Gasteiger partial charge is 0.462 e. The molecule has 0 saturated carbocycles. The molecule has 6 nitrogen and oxygen atoms in total. The number of anilines is 1. The Labute approximate surface area is 146 Å². The molecular formula is C17H14BrN3O3. The zero-order chi connectivity index (χ0) is 17.1. The summed E-state index contributed by atoms with van der Waals surface area (Å²) in [6.45, 7) is 2.03. The third-order valence-corrected chi connectivity index (χ3v) is 4.08. The quantitative estimate of drug-likeness (QED) is 0.695. The Hall–Kier alpha value is -2.67. The standard InChI is InChI=1S/C17H14BrN3O3/c1-2-24-17(23)13-10-19-21-8-7-11(9-15(13)21)20-16(22)12-5-3-4-6-14(12)18/h3-10H,2H2,1H3,(H,20,22). The zero-order valence-electron chi connectivity index (χ0n) is 12.8. The van der Waals surface area contributed by atoms with E-state index in [0.29, 0.717) is 26.8 Å². The molecule has 0 aliphatic carbocycles. The van der Waals surface area contributed by atoms with Crippen LogP contribution in [0, 0.1) is 0 Å². The van der Waals surface area contributed by atoms with Crippen molar-refractivity contribution < 1.29 is 14.3 Å². The summed E-state index contributed by atoms with van der Waals surface area (Å²) in [6, 6.07) is 10.6. The molecule has 1 N–H and O–H groups in total. The highest BCUT2D eigenvalue weighted by Crippen LogP contribution is 2.20. The van der Waals surface area contributed by atoms with Crippen LogP contribution in [-0.2, 0) is 4.74 Å². The van der Waals surface area contributed by atoms with Gasteiger partial charge in [-0.3, -0.25) is 4.79 Å². The number of esters is 1. The fourth-order valence-electron chi connectivity index (χ4n) is 2.27. The molecule has 0 aliphatic rings. The number of hydrogen-bond acceptors (Lipinski definition) is 4. The molecule has 0 saturated heterocycles. The van der Waals surface area contributed by atoms with E-state index in [9.17, 15) is 9.59 Å². The molecule has 0 unspecified atom stereocenters. The second-order valence-corrected chi connectivity index (χ2v) is 5.81. The lowest BCUT2D eigenvalue weighted by molar-refractivity contribution is 0.0528. The molecular weight excluding hydrogens is 374 g/mol. The predicted molar refractivity (Wildman–Crippen MR) is 93.2 cm³/mol. The van der Waals surface area contributed by atoms with Crippen molar-refractivity contribution in [2.75, 3.05) is 11.9 Å². The lowest BCUT2D eigenvalue weighted by Crippen LogP contribution is -2.12. The van der Waals surface area contributed by atoms with Gasteiger partial charge in [0.15, 0.2) is 0 Å². The van der Waals surface area contributed by atoms with Crippen molar-refractivity contribution in [3.05, 3.63) is 64.4 Å². The Morgan fingerprint density at radius 1 is 1.25 bits per heavy atom. The van der Waals surface area contributed by atoms with E-state index in [1.54, 1.807) is 48.0 Å². The van der Waals surface area contributed by atoms with E-state index in [2.05, 4.69) is 26.3 Å². The third-order valence-electron chi connectivity index (χ3n) is 3.39. The van der Waals surface area contributed by atoms with Gasteiger partial charge >= 0.3 is 5.97 Å². The van der Waals surface area contributed by atoms with Gasteiger partial charge in [-0.2, -0.15) is 5.10 Å². The number of carbonyl (C=O) groups is 2. The highest BCUT2D eigenvalue weighted by Gasteiger charge is 2.15. The van der Waals surface area contributed by atoms with Crippen molar-refractivity contribution in [2.24, 2.45) is 0 Å². The first-order valence-electron chi connectivity index (χ1n) is 7.30. The summed E-state index contributed by atoms with van der Waals surface area (Å²) in [4.78, 5) is 24.3. The summed E-state index contributed by atoms with van der Waals surface area (Å²) >= 11 is 3.36. The lowest BCUT2D eigenvalue weighted by atomic mass is 10.2. The van der Waals surface area contributed by atoms with Crippen molar-refractivity contribution in [2.45, 2.75) is 6.92 Å². The van der Waals surface area contributed by atoms with Crippen LogP contribution < -0.4 is 5.32 Å². The fraction of sp³-hybridized carbons (Fsp3) is 0.118. The number of pyridine rings is 1. The number of amides is 1. The van der Waals surface area contributed by atoms with Gasteiger partial charge in [0.05, 0.1) is 23.9 Å². The fourth-order valence-corrected chi connectivity index (χ4v) is 2.73. The van der Waals surface area contributed by atoms with Gasteiger partial charge in [-0.05, 0) is 47.1 Å². The number of fused-ring (bicyclic) bond motifs is 1. The van der Waals surface area contributed by atoms with Gasteiger partial charge in [0.1, 0.15) is 5.56 Å². The maximum atomic E-state index is 12.4. The molecule has 2 heterocycles. The number of nitrogens with one attached hydrogen (secondary N) is 1. The van der Waals surface area contributed by atoms with Crippen molar-refractivity contribution in [1.82, 2.24) is 9.61 Å². The molecule has 0 fully saturated rings. The molecule has 0 atom stereocenters. The first kappa shape index (κ1) is 16.2. The topological polar surface area (TPSA) is 72.7 Å². The van der Waals surface area contributed by atoms with E-state index in [-0.39, 0.29) is 12.5 Å². The average Bonchev–Trinajstić information content (AvgIpc) is 2.98. The molecule has 0 spiro atoms. The van der Waals surface area contributed by atoms with E-state index in [4.69, 9.17) is 4.74 Å². The van der Waals surface area contributed by atoms with Crippen LogP contribution in [0.25, 0.3) is 5.52 Å². The number of halogens is 1. The Bertz CT molecular complexity index is 920. The maximum absolute atomic E-state index is 12.4. The second kappa shape index (κ2) is 6.84. The molecule has 3 rings (SSSR count). The van der Waals surface area contributed by atoms with Gasteiger partial charge < -0.3 is 10.1 Å². The number of carbonyl (C=O) groups excluding carboxylic acids is 2. The Morgan fingerprint density at radius 3 is 2.79 bits per heavy atom. The van der Waals surface area contributed by atoms with Gasteiger partial charge in [0, 0.05) is 16.4 Å². The summed E-state index contributed by atoms with van der Waals surface area (Å²) in [5, 5.41) is 6.93. The number of aromatic nitrogens is 2. The molecule has 1 amide bonds. The minimum atomic E-state index is -0.443. The first-order valence-corrected chi connectivity index (χ1v) is 8.10. The van der Waals surface area contributed by atoms with Crippen molar-refractivity contribution in [1.29, 1.82) is 0 Å². The highest BCUT2D eigenvalue weighted by atomic mass is 79.9. The summed E-state index contributed by atoms with van der Waals surface area (Å²) in [5.74, 6) is -0.689. The van der Waals surface area contributed by atoms with Gasteiger partial charge in [0.25, 0.3) is 5.91 Å². The molecule has 24 heavy (non-hydrogen) atoms. The van der Waals surface area contributed by atoms with Crippen molar-refractivity contribution >= 4 is 39.0 Å². The number of rotatable bonds is 4. The Morgan fingerprint density at radius 2 is 2.04 bits per heavy atom. The molecule has 3 aromatic rings. The van der Waals surface area contributed by atoms with E-state index in [0.717, 1.165) is 0 Å². The van der Waals surface area contributed by atoms with Crippen LogP contribution in [0.5, 0.6) is 0 Å². The molecule has 0 aliphatic heterocycles. The van der Waals surface area contributed by atoms with E-state index in [1.165, 1.54) is 6.20 Å². The summed E-state index contributed by atoms with van der Waals surface area (Å²) in [7, 11) is 0. The number of benzene rings is 1. The van der Waals surface area contributed by atoms with Crippen LogP contribution in [0.3, 0.4) is 0 Å². The third kappa shape index (κ3) is 3.16. The van der Waals surface area contributed by atoms with Crippen LogP contribution in [0.4, 0.5) is 5.69 Å². The van der Waals surface area contributed by atoms with Crippen LogP contribution in [0.2, 0.25) is 0 Å². The number of ether oxygens (including phenoxy) is 1. The molecule has 7 heteroatoms. The molecule has 0 radical (unpaired) electrons. The zero-order valence-corrected chi connectivity index (χ0v) is 14.4. The smallest absolute Gasteiger partial charge is 0.341 e. The van der Waals surface area contributed by atoms with Crippen LogP contribution in [-0.4, -0.2) is 28.1 Å². The van der Waals surface area contributed by atoms with E-state index >= 15 is 0 Å². The molecule has 1 aromatic carbocycles. The van der Waals surface area contributed by atoms with E-state index in [1.807, 2.05) is 6.07 Å². The Balaban J connectivity index is 1.90. The van der Waals surface area contributed by atoms with Crippen LogP contribution in [0.1, 0.15) is 27.6 Å². The van der Waals surface area contributed by atoms with Gasteiger partial charge in [-0.25, -0.2) is 9.31 Å². The van der Waals surface area contributed by atoms with Gasteiger partial charge in [-0.1, -0.05) is 12.1 Å². The lowest BCUT2D eigenvalue weighted by Gasteiger charge is -2.07. The first-order chi connectivity index (χ1) is 11.6. The highest BCUT2D eigenvalue weighted by molar-refractivity contribution is 9.10. The number of hydrogen-bond donors (Lipinski definition) is 1. The number of nitrogens with zero attached hydrogens (tertiary/aromatic N) is 2. The van der Waals surface area contributed by atoms with Crippen molar-refractivity contribution in [3.63, 3.8) is 0 Å². The van der Waals surface area contributed by atoms with E-state index < -0.39 is 5.97 Å². The minimum Gasteiger partial charge on any atom is -0.462 e. The van der Waals surface area contributed by atoms with Crippen LogP contribution >= 0.6 is 15.9 Å². The molecule has 0 bridgehead atoms. The van der Waals surface area contributed by atoms with Crippen LogP contribution in [0.15, 0.2) is 53.3 Å².